The summed E-state index contributed by atoms with van der Waals surface area (Å²) in [6, 6.07) is 5.46. The van der Waals surface area contributed by atoms with Crippen LogP contribution in [0.15, 0.2) is 18.2 Å². The molecule has 4 heteroatoms. The molecule has 0 aliphatic carbocycles. The van der Waals surface area contributed by atoms with Crippen molar-refractivity contribution in [3.8, 4) is 17.6 Å². The second-order valence-corrected chi connectivity index (χ2v) is 4.39. The minimum Gasteiger partial charge on any atom is -0.506 e. The highest BCUT2D eigenvalue weighted by Crippen LogP contribution is 2.27. The van der Waals surface area contributed by atoms with Crippen LogP contribution >= 0.6 is 0 Å². The van der Waals surface area contributed by atoms with Gasteiger partial charge in [0, 0.05) is 25.1 Å². The number of hydrogen-bond acceptors (Lipinski definition) is 3. The molecule has 1 aromatic rings. The van der Waals surface area contributed by atoms with E-state index in [2.05, 4.69) is 30.6 Å². The molecule has 0 aliphatic heterocycles. The van der Waals surface area contributed by atoms with Crippen molar-refractivity contribution in [2.24, 2.45) is 0 Å². The highest BCUT2D eigenvalue weighted by molar-refractivity contribution is 5.66. The van der Waals surface area contributed by atoms with E-state index in [9.17, 15) is 9.90 Å². The van der Waals surface area contributed by atoms with Crippen LogP contribution in [0.3, 0.4) is 0 Å². The van der Waals surface area contributed by atoms with Gasteiger partial charge in [0.15, 0.2) is 0 Å². The molecule has 0 bridgehead atoms. The quantitative estimate of drug-likeness (QED) is 0.784. The zero-order valence-corrected chi connectivity index (χ0v) is 15.3. The van der Waals surface area contributed by atoms with Gasteiger partial charge in [-0.1, -0.05) is 26.7 Å². The second-order valence-electron chi connectivity index (χ2n) is 4.39. The predicted octanol–water partition coefficient (Wildman–Crippen LogP) is 4.51. The topological polar surface area (TPSA) is 60.8 Å². The number of rotatable bonds is 5. The smallest absolute Gasteiger partial charge is 0.303 e. The summed E-state index contributed by atoms with van der Waals surface area (Å²) in [7, 11) is 0. The van der Waals surface area contributed by atoms with Crippen LogP contribution in [0, 0.1) is 11.8 Å². The van der Waals surface area contributed by atoms with Gasteiger partial charge in [-0.15, -0.1) is 5.92 Å². The van der Waals surface area contributed by atoms with E-state index >= 15 is 0 Å². The lowest BCUT2D eigenvalue weighted by Crippen LogP contribution is -2.21. The van der Waals surface area contributed by atoms with Crippen LogP contribution in [0.4, 0.5) is 5.69 Å². The van der Waals surface area contributed by atoms with Crippen LogP contribution in [0.5, 0.6) is 5.75 Å². The largest absolute Gasteiger partial charge is 0.506 e. The molecule has 0 atom stereocenters. The van der Waals surface area contributed by atoms with Crippen LogP contribution in [0.25, 0.3) is 0 Å². The molecule has 0 spiro atoms. The number of carboxylic acid groups (broad SMARTS) is 1. The molecule has 1 aromatic carbocycles. The highest BCUT2D eigenvalue weighted by Gasteiger charge is 2.07. The second kappa shape index (κ2) is 14.8. The lowest BCUT2D eigenvalue weighted by Gasteiger charge is -2.22. The lowest BCUT2D eigenvalue weighted by atomic mass is 10.1. The number of benzene rings is 1. The Hall–Kier alpha value is -2.15. The summed E-state index contributed by atoms with van der Waals surface area (Å²) in [5.74, 6) is 5.46. The summed E-state index contributed by atoms with van der Waals surface area (Å²) in [5, 5.41) is 17.7. The van der Waals surface area contributed by atoms with Crippen molar-refractivity contribution in [1.82, 2.24) is 0 Å². The maximum Gasteiger partial charge on any atom is 0.303 e. The Kier molecular flexibility index (Phi) is 14.9. The molecule has 0 saturated heterocycles. The van der Waals surface area contributed by atoms with Crippen molar-refractivity contribution in [3.63, 3.8) is 0 Å². The Morgan fingerprint density at radius 2 is 1.74 bits per heavy atom. The molecule has 1 rings (SSSR count). The Balaban J connectivity index is 0. The average Bonchev–Trinajstić information content (AvgIpc) is 2.54. The molecule has 0 amide bonds. The molecular weight excluding hydrogens is 290 g/mol. The van der Waals surface area contributed by atoms with E-state index in [1.54, 1.807) is 6.07 Å². The van der Waals surface area contributed by atoms with Crippen molar-refractivity contribution >= 4 is 11.7 Å². The van der Waals surface area contributed by atoms with Crippen LogP contribution in [0.1, 0.15) is 59.9 Å². The third-order valence-corrected chi connectivity index (χ3v) is 2.81. The van der Waals surface area contributed by atoms with Crippen molar-refractivity contribution < 1.29 is 15.0 Å². The van der Waals surface area contributed by atoms with Gasteiger partial charge in [0.05, 0.1) is 5.69 Å². The van der Waals surface area contributed by atoms with E-state index in [1.165, 1.54) is 0 Å². The van der Waals surface area contributed by atoms with Crippen molar-refractivity contribution in [2.45, 2.75) is 54.4 Å². The first kappa shape index (κ1) is 23.1. The molecule has 23 heavy (non-hydrogen) atoms. The summed E-state index contributed by atoms with van der Waals surface area (Å²) in [5.41, 5.74) is 1.80. The third kappa shape index (κ3) is 10.2. The van der Waals surface area contributed by atoms with Gasteiger partial charge in [-0.2, -0.15) is 0 Å². The van der Waals surface area contributed by atoms with Crippen molar-refractivity contribution in [1.29, 1.82) is 0 Å². The van der Waals surface area contributed by atoms with Gasteiger partial charge < -0.3 is 15.1 Å². The minimum atomic E-state index is -0.711. The Morgan fingerprint density at radius 1 is 1.17 bits per heavy atom. The standard InChI is InChI=1S/C13H17NO.C4H8O2.C2H6/c1-4-7-11-8-9-13(15)12(10-11)14(5-2)6-3;1-2-3-4(5)6;1-2/h8-10,15H,5-6H2,1-3H3;2-3H2,1H3,(H,5,6);1-2H3. The van der Waals surface area contributed by atoms with Crippen molar-refractivity contribution in [2.75, 3.05) is 18.0 Å². The van der Waals surface area contributed by atoms with Crippen LogP contribution in [-0.2, 0) is 4.79 Å². The van der Waals surface area contributed by atoms with Crippen LogP contribution in [0.2, 0.25) is 0 Å². The van der Waals surface area contributed by atoms with Gasteiger partial charge in [-0.05, 0) is 45.4 Å². The Labute approximate surface area is 141 Å². The maximum absolute atomic E-state index is 9.75. The molecular formula is C19H31NO3. The number of phenols is 1. The van der Waals surface area contributed by atoms with E-state index < -0.39 is 5.97 Å². The SMILES string of the molecule is CC.CC#Cc1ccc(O)c(N(CC)CC)c1.CCCC(=O)O. The van der Waals surface area contributed by atoms with Crippen LogP contribution < -0.4 is 4.90 Å². The van der Waals surface area contributed by atoms with E-state index in [4.69, 9.17) is 5.11 Å². The molecule has 130 valence electrons. The molecule has 0 aliphatic rings. The van der Waals surface area contributed by atoms with E-state index in [0.29, 0.717) is 12.2 Å². The maximum atomic E-state index is 9.75. The normalized spacial score (nSPS) is 8.43. The number of aliphatic carboxylic acids is 1. The van der Waals surface area contributed by atoms with Gasteiger partial charge >= 0.3 is 5.97 Å². The summed E-state index contributed by atoms with van der Waals surface area (Å²) in [4.78, 5) is 11.7. The van der Waals surface area contributed by atoms with Gasteiger partial charge in [0.1, 0.15) is 5.75 Å². The van der Waals surface area contributed by atoms with Gasteiger partial charge in [0.2, 0.25) is 0 Å². The zero-order valence-electron chi connectivity index (χ0n) is 15.3. The molecule has 0 heterocycles. The fourth-order valence-electron chi connectivity index (χ4n) is 1.78. The number of nitrogens with zero attached hydrogens (tertiary/aromatic N) is 1. The molecule has 0 unspecified atom stereocenters. The predicted molar refractivity (Wildman–Crippen MR) is 98.1 cm³/mol. The summed E-state index contributed by atoms with van der Waals surface area (Å²) < 4.78 is 0. The molecule has 0 saturated carbocycles. The van der Waals surface area contributed by atoms with Crippen molar-refractivity contribution in [3.05, 3.63) is 23.8 Å². The van der Waals surface area contributed by atoms with Gasteiger partial charge in [-0.25, -0.2) is 0 Å². The number of aromatic hydroxyl groups is 1. The number of carboxylic acids is 1. The van der Waals surface area contributed by atoms with E-state index in [1.807, 2.05) is 39.8 Å². The van der Waals surface area contributed by atoms with Crippen LogP contribution in [-0.4, -0.2) is 29.3 Å². The highest BCUT2D eigenvalue weighted by atomic mass is 16.4. The minimum absolute atomic E-state index is 0.292. The van der Waals surface area contributed by atoms with Gasteiger partial charge in [-0.3, -0.25) is 4.79 Å². The molecule has 4 nitrogen and oxygen atoms in total. The Morgan fingerprint density at radius 3 is 2.09 bits per heavy atom. The molecule has 0 radical (unpaired) electrons. The number of carbonyl (C=O) groups is 1. The molecule has 2 N–H and O–H groups in total. The summed E-state index contributed by atoms with van der Waals surface area (Å²) in [6.07, 6.45) is 1.02. The lowest BCUT2D eigenvalue weighted by molar-refractivity contribution is -0.137. The fourth-order valence-corrected chi connectivity index (χ4v) is 1.78. The zero-order chi connectivity index (χ0) is 18.3. The summed E-state index contributed by atoms with van der Waals surface area (Å²) in [6.45, 7) is 13.6. The van der Waals surface area contributed by atoms with E-state index in [-0.39, 0.29) is 0 Å². The number of anilines is 1. The number of phenolic OH excluding ortho intramolecular Hbond substituents is 1. The number of hydrogen-bond donors (Lipinski definition) is 2. The van der Waals surface area contributed by atoms with Gasteiger partial charge in [0.25, 0.3) is 0 Å². The monoisotopic (exact) mass is 321 g/mol. The molecule has 0 aromatic heterocycles. The summed E-state index contributed by atoms with van der Waals surface area (Å²) >= 11 is 0. The fraction of sp³-hybridized carbons (Fsp3) is 0.526. The first-order valence-corrected chi connectivity index (χ1v) is 8.22. The Bertz CT molecular complexity index is 497. The third-order valence-electron chi connectivity index (χ3n) is 2.81. The first-order chi connectivity index (χ1) is 11.0. The first-order valence-electron chi connectivity index (χ1n) is 8.22. The molecule has 0 fully saturated rings. The average molecular weight is 321 g/mol. The van der Waals surface area contributed by atoms with E-state index in [0.717, 1.165) is 30.8 Å².